The van der Waals surface area contributed by atoms with Crippen molar-refractivity contribution < 1.29 is 9.21 Å². The SMILES string of the molecule is Cc1ccc(NC(=O)CCN2C(=S)N[C@@H](c3ccccn3)[C@H]2c2ccc(-c3ccc(Cl)cc3)o2)cc1. The molecule has 0 radical (unpaired) electrons. The van der Waals surface area contributed by atoms with Crippen LogP contribution in [0.3, 0.4) is 0 Å². The molecule has 2 atom stereocenters. The highest BCUT2D eigenvalue weighted by atomic mass is 35.5. The molecule has 5 rings (SSSR count). The molecule has 1 fully saturated rings. The molecule has 3 heterocycles. The Bertz CT molecular complexity index is 1360. The van der Waals surface area contributed by atoms with E-state index in [0.29, 0.717) is 16.7 Å². The first kappa shape index (κ1) is 24.0. The number of nitrogens with zero attached hydrogens (tertiary/aromatic N) is 2. The molecular formula is C28H25ClN4O2S. The number of benzene rings is 2. The summed E-state index contributed by atoms with van der Waals surface area (Å²) in [6.07, 6.45) is 2.03. The second-order valence-electron chi connectivity index (χ2n) is 8.69. The van der Waals surface area contributed by atoms with Gasteiger partial charge in [-0.1, -0.05) is 35.4 Å². The maximum atomic E-state index is 12.7. The number of hydrogen-bond donors (Lipinski definition) is 2. The fourth-order valence-corrected chi connectivity index (χ4v) is 4.78. The van der Waals surface area contributed by atoms with Crippen LogP contribution in [0.25, 0.3) is 11.3 Å². The lowest BCUT2D eigenvalue weighted by atomic mass is 10.0. The number of aryl methyl sites for hydroxylation is 1. The van der Waals surface area contributed by atoms with Gasteiger partial charge in [0.15, 0.2) is 5.11 Å². The first-order valence-corrected chi connectivity index (χ1v) is 12.5. The Morgan fingerprint density at radius 2 is 1.86 bits per heavy atom. The van der Waals surface area contributed by atoms with Gasteiger partial charge < -0.3 is 20.0 Å². The third kappa shape index (κ3) is 5.27. The maximum Gasteiger partial charge on any atom is 0.226 e. The average molecular weight is 517 g/mol. The number of pyridine rings is 1. The van der Waals surface area contributed by atoms with Gasteiger partial charge in [0.05, 0.1) is 11.7 Å². The van der Waals surface area contributed by atoms with E-state index in [4.69, 9.17) is 28.2 Å². The van der Waals surface area contributed by atoms with Crippen LogP contribution >= 0.6 is 23.8 Å². The standard InChI is InChI=1S/C28H25ClN4O2S/c1-18-5-11-21(12-6-18)31-25(34)15-17-33-27(26(32-28(33)36)22-4-2-3-16-30-22)24-14-13-23(35-24)19-7-9-20(29)10-8-19/h2-14,16,26-27H,15,17H2,1H3,(H,31,34)(H,32,36)/t26-,27+/m0/s1. The second kappa shape index (κ2) is 10.5. The molecule has 1 aliphatic rings. The third-order valence-electron chi connectivity index (χ3n) is 6.16. The highest BCUT2D eigenvalue weighted by Gasteiger charge is 2.41. The molecule has 2 aromatic heterocycles. The van der Waals surface area contributed by atoms with Crippen molar-refractivity contribution in [2.24, 2.45) is 0 Å². The van der Waals surface area contributed by atoms with Crippen LogP contribution in [0.5, 0.6) is 0 Å². The molecule has 0 aliphatic carbocycles. The van der Waals surface area contributed by atoms with E-state index in [2.05, 4.69) is 15.6 Å². The van der Waals surface area contributed by atoms with Crippen molar-refractivity contribution in [3.63, 3.8) is 0 Å². The van der Waals surface area contributed by atoms with Gasteiger partial charge in [-0.15, -0.1) is 0 Å². The fraction of sp³-hybridized carbons (Fsp3) is 0.179. The lowest BCUT2D eigenvalue weighted by Crippen LogP contribution is -2.32. The molecule has 6 nitrogen and oxygen atoms in total. The van der Waals surface area contributed by atoms with E-state index in [0.717, 1.165) is 34.0 Å². The number of nitrogens with one attached hydrogen (secondary N) is 2. The molecular weight excluding hydrogens is 492 g/mol. The Hall–Kier alpha value is -3.68. The molecule has 1 amide bonds. The quantitative estimate of drug-likeness (QED) is 0.281. The molecule has 36 heavy (non-hydrogen) atoms. The van der Waals surface area contributed by atoms with Crippen molar-refractivity contribution in [1.29, 1.82) is 0 Å². The molecule has 4 aromatic rings. The number of carbonyl (C=O) groups is 1. The molecule has 0 spiro atoms. The normalized spacial score (nSPS) is 17.2. The van der Waals surface area contributed by atoms with Crippen LogP contribution in [0.15, 0.2) is 89.5 Å². The van der Waals surface area contributed by atoms with Crippen LogP contribution in [-0.4, -0.2) is 27.4 Å². The molecule has 1 aliphatic heterocycles. The predicted molar refractivity (Wildman–Crippen MR) is 146 cm³/mol. The number of aromatic nitrogens is 1. The van der Waals surface area contributed by atoms with E-state index in [1.807, 2.05) is 90.7 Å². The van der Waals surface area contributed by atoms with Gasteiger partial charge in [0, 0.05) is 35.4 Å². The number of hydrogen-bond acceptors (Lipinski definition) is 4. The van der Waals surface area contributed by atoms with Crippen molar-refractivity contribution in [2.45, 2.75) is 25.4 Å². The number of halogens is 1. The molecule has 0 unspecified atom stereocenters. The van der Waals surface area contributed by atoms with Crippen LogP contribution in [-0.2, 0) is 4.79 Å². The van der Waals surface area contributed by atoms with E-state index in [9.17, 15) is 4.79 Å². The van der Waals surface area contributed by atoms with Crippen LogP contribution in [0.4, 0.5) is 5.69 Å². The summed E-state index contributed by atoms with van der Waals surface area (Å²) in [7, 11) is 0. The minimum absolute atomic E-state index is 0.0806. The molecule has 0 bridgehead atoms. The van der Waals surface area contributed by atoms with Gasteiger partial charge in [-0.05, 0) is 79.8 Å². The van der Waals surface area contributed by atoms with Gasteiger partial charge in [0.2, 0.25) is 5.91 Å². The fourth-order valence-electron chi connectivity index (χ4n) is 4.32. The van der Waals surface area contributed by atoms with Crippen LogP contribution < -0.4 is 10.6 Å². The zero-order chi connectivity index (χ0) is 25.1. The molecule has 0 saturated carbocycles. The summed E-state index contributed by atoms with van der Waals surface area (Å²) < 4.78 is 6.32. The van der Waals surface area contributed by atoms with E-state index in [1.165, 1.54) is 0 Å². The number of furan rings is 1. The van der Waals surface area contributed by atoms with Crippen molar-refractivity contribution >= 4 is 40.5 Å². The summed E-state index contributed by atoms with van der Waals surface area (Å²) in [6.45, 7) is 2.44. The van der Waals surface area contributed by atoms with E-state index >= 15 is 0 Å². The lowest BCUT2D eigenvalue weighted by molar-refractivity contribution is -0.116. The van der Waals surface area contributed by atoms with Gasteiger partial charge in [-0.3, -0.25) is 9.78 Å². The van der Waals surface area contributed by atoms with Gasteiger partial charge >= 0.3 is 0 Å². The Kier molecular flexibility index (Phi) is 7.02. The Balaban J connectivity index is 1.38. The minimum atomic E-state index is -0.263. The number of anilines is 1. The van der Waals surface area contributed by atoms with Gasteiger partial charge in [0.1, 0.15) is 17.6 Å². The number of carbonyl (C=O) groups excluding carboxylic acids is 1. The first-order chi connectivity index (χ1) is 17.5. The summed E-state index contributed by atoms with van der Waals surface area (Å²) in [5.74, 6) is 1.39. The average Bonchev–Trinajstić information content (AvgIpc) is 3.50. The largest absolute Gasteiger partial charge is 0.459 e. The molecule has 1 saturated heterocycles. The topological polar surface area (TPSA) is 70.4 Å². The minimum Gasteiger partial charge on any atom is -0.459 e. The number of thiocarbonyl (C=S) groups is 1. The van der Waals surface area contributed by atoms with Crippen molar-refractivity contribution in [3.05, 3.63) is 107 Å². The lowest BCUT2D eigenvalue weighted by Gasteiger charge is -2.25. The molecule has 2 N–H and O–H groups in total. The molecule has 182 valence electrons. The zero-order valence-electron chi connectivity index (χ0n) is 19.6. The van der Waals surface area contributed by atoms with Crippen LogP contribution in [0, 0.1) is 6.92 Å². The van der Waals surface area contributed by atoms with Gasteiger partial charge in [-0.25, -0.2) is 0 Å². The number of rotatable bonds is 7. The monoisotopic (exact) mass is 516 g/mol. The summed E-state index contributed by atoms with van der Waals surface area (Å²) >= 11 is 11.8. The van der Waals surface area contributed by atoms with Crippen molar-refractivity contribution in [3.8, 4) is 11.3 Å². The third-order valence-corrected chi connectivity index (χ3v) is 6.76. The van der Waals surface area contributed by atoms with Gasteiger partial charge in [-0.2, -0.15) is 0 Å². The second-order valence-corrected chi connectivity index (χ2v) is 9.52. The first-order valence-electron chi connectivity index (χ1n) is 11.7. The van der Waals surface area contributed by atoms with Crippen LogP contribution in [0.2, 0.25) is 5.02 Å². The highest BCUT2D eigenvalue weighted by Crippen LogP contribution is 2.40. The maximum absolute atomic E-state index is 12.7. The van der Waals surface area contributed by atoms with Gasteiger partial charge in [0.25, 0.3) is 0 Å². The highest BCUT2D eigenvalue weighted by molar-refractivity contribution is 7.80. The predicted octanol–water partition coefficient (Wildman–Crippen LogP) is 6.30. The van der Waals surface area contributed by atoms with Crippen LogP contribution in [0.1, 0.15) is 35.5 Å². The number of amides is 1. The summed E-state index contributed by atoms with van der Waals surface area (Å²) in [6, 6.07) is 24.5. The van der Waals surface area contributed by atoms with E-state index in [1.54, 1.807) is 6.20 Å². The molecule has 8 heteroatoms. The summed E-state index contributed by atoms with van der Waals surface area (Å²) in [5.41, 5.74) is 3.69. The Morgan fingerprint density at radius 3 is 2.58 bits per heavy atom. The Morgan fingerprint density at radius 1 is 1.08 bits per heavy atom. The van der Waals surface area contributed by atoms with E-state index < -0.39 is 0 Å². The smallest absolute Gasteiger partial charge is 0.226 e. The Labute approximate surface area is 220 Å². The van der Waals surface area contributed by atoms with Crippen molar-refractivity contribution in [1.82, 2.24) is 15.2 Å². The summed E-state index contributed by atoms with van der Waals surface area (Å²) in [5, 5.41) is 7.58. The summed E-state index contributed by atoms with van der Waals surface area (Å²) in [4.78, 5) is 19.3. The van der Waals surface area contributed by atoms with Crippen molar-refractivity contribution in [2.75, 3.05) is 11.9 Å². The zero-order valence-corrected chi connectivity index (χ0v) is 21.2. The van der Waals surface area contributed by atoms with E-state index in [-0.39, 0.29) is 24.4 Å². The molecule has 2 aromatic carbocycles.